The molecule has 0 aliphatic rings. The Morgan fingerprint density at radius 2 is 1.34 bits per heavy atom. The molecule has 1 unspecified atom stereocenters. The normalized spacial score (nSPS) is 12.3. The maximum atomic E-state index is 12.4. The number of halogens is 5. The van der Waals surface area contributed by atoms with E-state index >= 15 is 0 Å². The van der Waals surface area contributed by atoms with Gasteiger partial charge in [0.1, 0.15) is 6.17 Å². The SMILES string of the molecule is CCCCCCCCCCCCCCCC(=O)NC(NC(=S)Nc1ccc(Cl)c(Cl)c1)C(Cl)(Cl)Cl. The van der Waals surface area contributed by atoms with Gasteiger partial charge >= 0.3 is 0 Å². The van der Waals surface area contributed by atoms with Crippen molar-refractivity contribution in [3.63, 3.8) is 0 Å². The second-order valence-corrected chi connectivity index (χ2v) is 12.4. The molecule has 0 saturated heterocycles. The van der Waals surface area contributed by atoms with E-state index in [0.717, 1.165) is 19.3 Å². The van der Waals surface area contributed by atoms with Crippen LogP contribution in [0.1, 0.15) is 96.8 Å². The summed E-state index contributed by atoms with van der Waals surface area (Å²) in [4.78, 5) is 12.4. The second-order valence-electron chi connectivity index (χ2n) is 8.76. The van der Waals surface area contributed by atoms with Crippen molar-refractivity contribution in [2.24, 2.45) is 0 Å². The van der Waals surface area contributed by atoms with Crippen molar-refractivity contribution in [1.82, 2.24) is 10.6 Å². The molecule has 1 atom stereocenters. The van der Waals surface area contributed by atoms with E-state index < -0.39 is 9.96 Å². The number of hydrogen-bond acceptors (Lipinski definition) is 2. The standard InChI is InChI=1S/C25H38Cl5N3OS/c1-2-3-4-5-6-7-8-9-10-11-12-13-14-15-22(34)32-23(25(28,29)30)33-24(35)31-19-16-17-20(26)21(27)18-19/h16-18,23H,2-15H2,1H3,(H,32,34)(H2,31,33,35). The van der Waals surface area contributed by atoms with Crippen molar-refractivity contribution in [3.05, 3.63) is 28.2 Å². The van der Waals surface area contributed by atoms with Gasteiger partial charge in [0.15, 0.2) is 5.11 Å². The molecular formula is C25H38Cl5N3OS. The molecule has 3 N–H and O–H groups in total. The van der Waals surface area contributed by atoms with Crippen LogP contribution >= 0.6 is 70.2 Å². The van der Waals surface area contributed by atoms with E-state index in [4.69, 9.17) is 70.2 Å². The van der Waals surface area contributed by atoms with Gasteiger partial charge in [-0.05, 0) is 36.8 Å². The fraction of sp³-hybridized carbons (Fsp3) is 0.680. The third kappa shape index (κ3) is 16.3. The second kappa shape index (κ2) is 19.0. The van der Waals surface area contributed by atoms with Gasteiger partial charge in [-0.25, -0.2) is 0 Å². The smallest absolute Gasteiger partial charge is 0.228 e. The minimum atomic E-state index is -1.80. The molecule has 0 radical (unpaired) electrons. The number of carbonyl (C=O) groups excluding carboxylic acids is 1. The molecule has 0 fully saturated rings. The maximum Gasteiger partial charge on any atom is 0.228 e. The van der Waals surface area contributed by atoms with Crippen molar-refractivity contribution in [2.75, 3.05) is 5.32 Å². The lowest BCUT2D eigenvalue weighted by Crippen LogP contribution is -2.56. The Hall–Kier alpha value is -0.170. The zero-order valence-electron chi connectivity index (χ0n) is 20.4. The first kappa shape index (κ1) is 32.9. The maximum absolute atomic E-state index is 12.4. The van der Waals surface area contributed by atoms with Gasteiger partial charge in [0, 0.05) is 12.1 Å². The average molecular weight is 606 g/mol. The Kier molecular flexibility index (Phi) is 17.8. The molecule has 0 spiro atoms. The number of thiocarbonyl (C=S) groups is 1. The Balaban J connectivity index is 2.22. The molecule has 0 aromatic heterocycles. The summed E-state index contributed by atoms with van der Waals surface area (Å²) in [7, 11) is 0. The summed E-state index contributed by atoms with van der Waals surface area (Å²) in [6, 6.07) is 4.97. The van der Waals surface area contributed by atoms with Gasteiger partial charge in [0.2, 0.25) is 9.70 Å². The van der Waals surface area contributed by atoms with Crippen LogP contribution in [-0.2, 0) is 4.79 Å². The van der Waals surface area contributed by atoms with Gasteiger partial charge in [-0.15, -0.1) is 0 Å². The van der Waals surface area contributed by atoms with Crippen molar-refractivity contribution >= 4 is 86.9 Å². The lowest BCUT2D eigenvalue weighted by molar-refractivity contribution is -0.122. The van der Waals surface area contributed by atoms with Crippen molar-refractivity contribution < 1.29 is 4.79 Å². The summed E-state index contributed by atoms with van der Waals surface area (Å²) < 4.78 is -1.80. The van der Waals surface area contributed by atoms with E-state index in [1.165, 1.54) is 64.2 Å². The average Bonchev–Trinajstić information content (AvgIpc) is 2.78. The van der Waals surface area contributed by atoms with Crippen LogP contribution in [0.25, 0.3) is 0 Å². The van der Waals surface area contributed by atoms with Crippen molar-refractivity contribution in [2.45, 2.75) is 107 Å². The highest BCUT2D eigenvalue weighted by Crippen LogP contribution is 2.29. The van der Waals surface area contributed by atoms with Gasteiger partial charge in [0.25, 0.3) is 0 Å². The predicted molar refractivity (Wildman–Crippen MR) is 158 cm³/mol. The van der Waals surface area contributed by atoms with Crippen LogP contribution in [0.2, 0.25) is 10.0 Å². The molecule has 0 aliphatic carbocycles. The number of benzene rings is 1. The van der Waals surface area contributed by atoms with Gasteiger partial charge < -0.3 is 16.0 Å². The molecule has 1 rings (SSSR count). The minimum Gasteiger partial charge on any atom is -0.339 e. The van der Waals surface area contributed by atoms with E-state index in [0.29, 0.717) is 22.2 Å². The zero-order chi connectivity index (χ0) is 26.1. The first-order valence-corrected chi connectivity index (χ1v) is 14.8. The molecule has 1 aromatic rings. The highest BCUT2D eigenvalue weighted by molar-refractivity contribution is 7.80. The lowest BCUT2D eigenvalue weighted by atomic mass is 10.0. The predicted octanol–water partition coefficient (Wildman–Crippen LogP) is 9.57. The minimum absolute atomic E-state index is 0.168. The van der Waals surface area contributed by atoms with Crippen LogP contribution in [0.15, 0.2) is 18.2 Å². The van der Waals surface area contributed by atoms with E-state index in [-0.39, 0.29) is 11.0 Å². The molecule has 0 saturated carbocycles. The Morgan fingerprint density at radius 3 is 1.83 bits per heavy atom. The fourth-order valence-electron chi connectivity index (χ4n) is 3.61. The number of alkyl halides is 3. The molecule has 4 nitrogen and oxygen atoms in total. The third-order valence-electron chi connectivity index (χ3n) is 5.59. The van der Waals surface area contributed by atoms with Gasteiger partial charge in [-0.3, -0.25) is 4.79 Å². The van der Waals surface area contributed by atoms with Gasteiger partial charge in [0.05, 0.1) is 10.0 Å². The monoisotopic (exact) mass is 603 g/mol. The highest BCUT2D eigenvalue weighted by Gasteiger charge is 2.34. The number of nitrogens with one attached hydrogen (secondary N) is 3. The van der Waals surface area contributed by atoms with Gasteiger partial charge in [-0.2, -0.15) is 0 Å². The number of amides is 1. The number of rotatable bonds is 17. The summed E-state index contributed by atoms with van der Waals surface area (Å²) in [6.07, 6.45) is 15.6. The summed E-state index contributed by atoms with van der Waals surface area (Å²) in [6.45, 7) is 2.25. The molecule has 1 aromatic carbocycles. The summed E-state index contributed by atoms with van der Waals surface area (Å²) in [5.74, 6) is -0.200. The quantitative estimate of drug-likeness (QED) is 0.0716. The summed E-state index contributed by atoms with van der Waals surface area (Å²) in [5, 5.41) is 9.46. The molecule has 0 bridgehead atoms. The lowest BCUT2D eigenvalue weighted by Gasteiger charge is -2.27. The van der Waals surface area contributed by atoms with Crippen LogP contribution in [-0.4, -0.2) is 21.0 Å². The number of anilines is 1. The number of carbonyl (C=O) groups is 1. The molecule has 0 aliphatic heterocycles. The first-order valence-electron chi connectivity index (χ1n) is 12.5. The summed E-state index contributed by atoms with van der Waals surface area (Å²) >= 11 is 35.4. The van der Waals surface area contributed by atoms with E-state index in [2.05, 4.69) is 22.9 Å². The Labute approximate surface area is 241 Å². The van der Waals surface area contributed by atoms with Crippen LogP contribution < -0.4 is 16.0 Å². The van der Waals surface area contributed by atoms with Gasteiger partial charge in [-0.1, -0.05) is 142 Å². The number of unbranched alkanes of at least 4 members (excludes halogenated alkanes) is 12. The Bertz CT molecular complexity index is 761. The molecular weight excluding hydrogens is 568 g/mol. The van der Waals surface area contributed by atoms with Crippen LogP contribution in [0.4, 0.5) is 5.69 Å². The largest absolute Gasteiger partial charge is 0.339 e. The summed E-state index contributed by atoms with van der Waals surface area (Å²) in [5.41, 5.74) is 0.610. The Morgan fingerprint density at radius 1 is 0.829 bits per heavy atom. The molecule has 10 heteroatoms. The van der Waals surface area contributed by atoms with E-state index in [1.807, 2.05) is 0 Å². The number of hydrogen-bond donors (Lipinski definition) is 3. The fourth-order valence-corrected chi connectivity index (χ4v) is 4.47. The van der Waals surface area contributed by atoms with Crippen LogP contribution in [0.5, 0.6) is 0 Å². The van der Waals surface area contributed by atoms with E-state index in [9.17, 15) is 4.79 Å². The molecule has 0 heterocycles. The molecule has 35 heavy (non-hydrogen) atoms. The highest BCUT2D eigenvalue weighted by atomic mass is 35.6. The van der Waals surface area contributed by atoms with E-state index in [1.54, 1.807) is 18.2 Å². The zero-order valence-corrected chi connectivity index (χ0v) is 25.0. The van der Waals surface area contributed by atoms with Crippen molar-refractivity contribution in [1.29, 1.82) is 0 Å². The molecule has 1 amide bonds. The topological polar surface area (TPSA) is 53.2 Å². The third-order valence-corrected chi connectivity index (χ3v) is 7.21. The molecule has 200 valence electrons. The first-order chi connectivity index (χ1) is 16.6. The van der Waals surface area contributed by atoms with Crippen LogP contribution in [0.3, 0.4) is 0 Å². The van der Waals surface area contributed by atoms with Crippen LogP contribution in [0, 0.1) is 0 Å². The van der Waals surface area contributed by atoms with Crippen molar-refractivity contribution in [3.8, 4) is 0 Å².